The Morgan fingerprint density at radius 2 is 1.85 bits per heavy atom. The molecule has 2 heterocycles. The van der Waals surface area contributed by atoms with Crippen molar-refractivity contribution in [3.05, 3.63) is 15.6 Å². The SMILES string of the molecule is CCCCN(C(=O)c1sc(C(C)C)nc1C)C1CC(C)(C)NC(C)(C)C1. The minimum absolute atomic E-state index is 0.0308. The van der Waals surface area contributed by atoms with Crippen LogP contribution >= 0.6 is 11.3 Å². The Labute approximate surface area is 163 Å². The number of thiazole rings is 1. The first-order valence-electron chi connectivity index (χ1n) is 10.0. The number of unbranched alkanes of at least 4 members (excludes halogenated alkanes) is 1. The molecule has 0 bridgehead atoms. The molecule has 0 radical (unpaired) electrons. The molecule has 1 N–H and O–H groups in total. The second kappa shape index (κ2) is 7.97. The molecule has 26 heavy (non-hydrogen) atoms. The van der Waals surface area contributed by atoms with Crippen molar-refractivity contribution in [2.75, 3.05) is 6.54 Å². The molecule has 0 unspecified atom stereocenters. The summed E-state index contributed by atoms with van der Waals surface area (Å²) in [6.45, 7) is 18.3. The summed E-state index contributed by atoms with van der Waals surface area (Å²) in [6.07, 6.45) is 4.12. The van der Waals surface area contributed by atoms with E-state index in [1.807, 2.05) is 6.92 Å². The summed E-state index contributed by atoms with van der Waals surface area (Å²) in [5, 5.41) is 4.80. The lowest BCUT2D eigenvalue weighted by atomic mass is 9.79. The standard InChI is InChI=1S/C21H37N3OS/c1-9-10-11-24(16-12-20(5,6)23-21(7,8)13-16)19(25)17-15(4)22-18(26-17)14(2)3/h14,16,23H,9-13H2,1-8H3. The van der Waals surface area contributed by atoms with Gasteiger partial charge in [0.05, 0.1) is 10.7 Å². The summed E-state index contributed by atoms with van der Waals surface area (Å²) in [5.74, 6) is 0.542. The van der Waals surface area contributed by atoms with Crippen molar-refractivity contribution in [3.63, 3.8) is 0 Å². The molecule has 1 saturated heterocycles. The Morgan fingerprint density at radius 1 is 1.27 bits per heavy atom. The third-order valence-corrected chi connectivity index (χ3v) is 6.57. The van der Waals surface area contributed by atoms with E-state index in [1.54, 1.807) is 11.3 Å². The highest BCUT2D eigenvalue weighted by Gasteiger charge is 2.41. The average molecular weight is 380 g/mol. The number of hydrogen-bond donors (Lipinski definition) is 1. The minimum Gasteiger partial charge on any atom is -0.335 e. The van der Waals surface area contributed by atoms with E-state index in [-0.39, 0.29) is 23.0 Å². The van der Waals surface area contributed by atoms with Crippen LogP contribution in [0.2, 0.25) is 0 Å². The quantitative estimate of drug-likeness (QED) is 0.745. The molecule has 5 heteroatoms. The lowest BCUT2D eigenvalue weighted by Crippen LogP contribution is -2.62. The van der Waals surface area contributed by atoms with Gasteiger partial charge in [-0.05, 0) is 53.9 Å². The predicted molar refractivity (Wildman–Crippen MR) is 111 cm³/mol. The molecular weight excluding hydrogens is 342 g/mol. The first-order valence-corrected chi connectivity index (χ1v) is 10.8. The van der Waals surface area contributed by atoms with E-state index in [1.165, 1.54) is 0 Å². The van der Waals surface area contributed by atoms with Crippen LogP contribution in [0.5, 0.6) is 0 Å². The molecule has 1 aromatic heterocycles. The molecule has 1 aromatic rings. The normalized spacial score (nSPS) is 19.7. The van der Waals surface area contributed by atoms with Crippen LogP contribution in [-0.4, -0.2) is 39.5 Å². The van der Waals surface area contributed by atoms with E-state index in [0.29, 0.717) is 5.92 Å². The number of rotatable bonds is 6. The summed E-state index contributed by atoms with van der Waals surface area (Å²) in [4.78, 5) is 21.1. The van der Waals surface area contributed by atoms with Gasteiger partial charge in [0.2, 0.25) is 0 Å². The van der Waals surface area contributed by atoms with Crippen molar-refractivity contribution in [2.45, 2.75) is 104 Å². The lowest BCUT2D eigenvalue weighted by molar-refractivity contribution is 0.0445. The van der Waals surface area contributed by atoms with E-state index >= 15 is 0 Å². The number of amides is 1. The molecule has 1 fully saturated rings. The largest absolute Gasteiger partial charge is 0.335 e. The maximum absolute atomic E-state index is 13.5. The predicted octanol–water partition coefficient (Wildman–Crippen LogP) is 5.13. The van der Waals surface area contributed by atoms with Gasteiger partial charge >= 0.3 is 0 Å². The Morgan fingerprint density at radius 3 is 2.31 bits per heavy atom. The molecule has 1 aliphatic heterocycles. The van der Waals surface area contributed by atoms with Crippen LogP contribution in [0.3, 0.4) is 0 Å². The fourth-order valence-corrected chi connectivity index (χ4v) is 5.29. The number of carbonyl (C=O) groups is 1. The van der Waals surface area contributed by atoms with Gasteiger partial charge in [0.1, 0.15) is 4.88 Å². The van der Waals surface area contributed by atoms with Gasteiger partial charge in [-0.3, -0.25) is 4.79 Å². The second-order valence-electron chi connectivity index (χ2n) is 9.43. The van der Waals surface area contributed by atoms with E-state index in [4.69, 9.17) is 0 Å². The number of piperidine rings is 1. The topological polar surface area (TPSA) is 45.2 Å². The maximum atomic E-state index is 13.5. The van der Waals surface area contributed by atoms with Crippen LogP contribution in [-0.2, 0) is 0 Å². The zero-order valence-corrected chi connectivity index (χ0v) is 18.7. The van der Waals surface area contributed by atoms with Gasteiger partial charge in [0.15, 0.2) is 0 Å². The molecule has 148 valence electrons. The number of aromatic nitrogens is 1. The lowest BCUT2D eigenvalue weighted by Gasteiger charge is -2.49. The molecule has 1 amide bonds. The van der Waals surface area contributed by atoms with Crippen LogP contribution in [0.15, 0.2) is 0 Å². The number of carbonyl (C=O) groups excluding carboxylic acids is 1. The van der Waals surface area contributed by atoms with Crippen molar-refractivity contribution in [2.24, 2.45) is 0 Å². The van der Waals surface area contributed by atoms with Crippen molar-refractivity contribution in [1.29, 1.82) is 0 Å². The molecular formula is C21H37N3OS. The Bertz CT molecular complexity index is 617. The smallest absolute Gasteiger partial charge is 0.266 e. The van der Waals surface area contributed by atoms with Gasteiger partial charge < -0.3 is 10.2 Å². The molecule has 2 rings (SSSR count). The van der Waals surface area contributed by atoms with Gasteiger partial charge in [-0.25, -0.2) is 4.98 Å². The molecule has 0 aliphatic carbocycles. The highest BCUT2D eigenvalue weighted by Crippen LogP contribution is 2.34. The Kier molecular flexibility index (Phi) is 6.55. The van der Waals surface area contributed by atoms with Crippen LogP contribution in [0.1, 0.15) is 100 Å². The monoisotopic (exact) mass is 379 g/mol. The Balaban J connectivity index is 2.33. The molecule has 0 atom stereocenters. The van der Waals surface area contributed by atoms with Gasteiger partial charge in [-0.2, -0.15) is 0 Å². The third kappa shape index (κ3) is 5.07. The average Bonchev–Trinajstić information content (AvgIpc) is 2.86. The summed E-state index contributed by atoms with van der Waals surface area (Å²) in [6, 6.07) is 0.268. The summed E-state index contributed by atoms with van der Waals surface area (Å²) < 4.78 is 0. The highest BCUT2D eigenvalue weighted by molar-refractivity contribution is 7.13. The van der Waals surface area contributed by atoms with Gasteiger partial charge in [0.25, 0.3) is 5.91 Å². The van der Waals surface area contributed by atoms with Crippen molar-refractivity contribution >= 4 is 17.2 Å². The van der Waals surface area contributed by atoms with Crippen molar-refractivity contribution in [3.8, 4) is 0 Å². The molecule has 0 saturated carbocycles. The van der Waals surface area contributed by atoms with Crippen LogP contribution in [0.25, 0.3) is 0 Å². The zero-order valence-electron chi connectivity index (χ0n) is 17.9. The fraction of sp³-hybridized carbons (Fsp3) is 0.810. The zero-order chi connectivity index (χ0) is 19.7. The van der Waals surface area contributed by atoms with Crippen LogP contribution < -0.4 is 5.32 Å². The molecule has 0 aromatic carbocycles. The number of hydrogen-bond acceptors (Lipinski definition) is 4. The van der Waals surface area contributed by atoms with Gasteiger partial charge in [-0.1, -0.05) is 27.2 Å². The molecule has 4 nitrogen and oxygen atoms in total. The second-order valence-corrected chi connectivity index (χ2v) is 10.5. The van der Waals surface area contributed by atoms with E-state index in [9.17, 15) is 4.79 Å². The summed E-state index contributed by atoms with van der Waals surface area (Å²) in [5.41, 5.74) is 0.948. The number of nitrogens with one attached hydrogen (secondary N) is 1. The Hall–Kier alpha value is -0.940. The highest BCUT2D eigenvalue weighted by atomic mass is 32.1. The van der Waals surface area contributed by atoms with Crippen molar-refractivity contribution in [1.82, 2.24) is 15.2 Å². The van der Waals surface area contributed by atoms with Crippen LogP contribution in [0, 0.1) is 6.92 Å². The summed E-state index contributed by atoms with van der Waals surface area (Å²) >= 11 is 1.58. The van der Waals surface area contributed by atoms with E-state index in [0.717, 1.165) is 47.8 Å². The summed E-state index contributed by atoms with van der Waals surface area (Å²) in [7, 11) is 0. The number of nitrogens with zero attached hydrogens (tertiary/aromatic N) is 2. The van der Waals surface area contributed by atoms with E-state index < -0.39 is 0 Å². The van der Waals surface area contributed by atoms with Crippen LogP contribution in [0.4, 0.5) is 0 Å². The molecule has 0 spiro atoms. The third-order valence-electron chi connectivity index (χ3n) is 5.12. The first kappa shape index (κ1) is 21.4. The maximum Gasteiger partial charge on any atom is 0.266 e. The van der Waals surface area contributed by atoms with Crippen molar-refractivity contribution < 1.29 is 4.79 Å². The first-order chi connectivity index (χ1) is 12.0. The van der Waals surface area contributed by atoms with Gasteiger partial charge in [-0.15, -0.1) is 11.3 Å². The molecule has 1 aliphatic rings. The van der Waals surface area contributed by atoms with Gasteiger partial charge in [0, 0.05) is 29.6 Å². The number of aryl methyl sites for hydroxylation is 1. The van der Waals surface area contributed by atoms with E-state index in [2.05, 4.69) is 63.7 Å². The minimum atomic E-state index is 0.0308. The fourth-order valence-electron chi connectivity index (χ4n) is 4.26.